The predicted molar refractivity (Wildman–Crippen MR) is 83.0 cm³/mol. The van der Waals surface area contributed by atoms with E-state index in [4.69, 9.17) is 4.74 Å². The van der Waals surface area contributed by atoms with Crippen molar-refractivity contribution in [3.63, 3.8) is 0 Å². The lowest BCUT2D eigenvalue weighted by Gasteiger charge is -2.20. The van der Waals surface area contributed by atoms with E-state index in [-0.39, 0.29) is 11.5 Å². The highest BCUT2D eigenvalue weighted by atomic mass is 16.6. The fourth-order valence-electron chi connectivity index (χ4n) is 2.78. The van der Waals surface area contributed by atoms with E-state index < -0.39 is 11.7 Å². The van der Waals surface area contributed by atoms with Crippen LogP contribution in [0.5, 0.6) is 0 Å². The first-order valence-electron chi connectivity index (χ1n) is 7.30. The maximum absolute atomic E-state index is 12.0. The Bertz CT molecular complexity index is 789. The predicted octanol–water partition coefficient (Wildman–Crippen LogP) is 2.02. The maximum atomic E-state index is 12.0. The Morgan fingerprint density at radius 3 is 2.95 bits per heavy atom. The van der Waals surface area contributed by atoms with Crippen LogP contribution in [0.25, 0.3) is 11.0 Å². The molecule has 6 nitrogen and oxygen atoms in total. The smallest absolute Gasteiger partial charge is 0.407 e. The fourth-order valence-corrected chi connectivity index (χ4v) is 2.78. The van der Waals surface area contributed by atoms with Gasteiger partial charge in [-0.05, 0) is 32.4 Å². The van der Waals surface area contributed by atoms with E-state index in [0.29, 0.717) is 13.1 Å². The molecule has 22 heavy (non-hydrogen) atoms. The molecule has 1 unspecified atom stereocenters. The third-order valence-corrected chi connectivity index (χ3v) is 3.63. The molecule has 6 heteroatoms. The number of hydrogen-bond acceptors (Lipinski definition) is 4. The van der Waals surface area contributed by atoms with Gasteiger partial charge in [-0.1, -0.05) is 12.1 Å². The molecule has 1 atom stereocenters. The van der Waals surface area contributed by atoms with Crippen LogP contribution in [0.3, 0.4) is 0 Å². The average molecular weight is 301 g/mol. The van der Waals surface area contributed by atoms with Crippen molar-refractivity contribution < 1.29 is 9.53 Å². The number of para-hydroxylation sites is 1. The van der Waals surface area contributed by atoms with Crippen molar-refractivity contribution in [2.45, 2.75) is 38.8 Å². The minimum absolute atomic E-state index is 0.0492. The van der Waals surface area contributed by atoms with Crippen LogP contribution in [0, 0.1) is 0 Å². The molecule has 2 heterocycles. The highest BCUT2D eigenvalue weighted by Crippen LogP contribution is 2.31. The van der Waals surface area contributed by atoms with E-state index >= 15 is 0 Å². The number of benzene rings is 1. The topological polar surface area (TPSA) is 73.2 Å². The Kier molecular flexibility index (Phi) is 3.39. The van der Waals surface area contributed by atoms with Gasteiger partial charge in [-0.15, -0.1) is 0 Å². The Hall–Kier alpha value is -2.37. The summed E-state index contributed by atoms with van der Waals surface area (Å²) in [6, 6.07) is 5.79. The summed E-state index contributed by atoms with van der Waals surface area (Å²) in [4.78, 5) is 27.9. The zero-order chi connectivity index (χ0) is 15.9. The highest BCUT2D eigenvalue weighted by molar-refractivity contribution is 5.80. The average Bonchev–Trinajstić information content (AvgIpc) is 2.80. The summed E-state index contributed by atoms with van der Waals surface area (Å²) in [5, 5.41) is 2.78. The fraction of sp³-hybridized carbons (Fsp3) is 0.438. The van der Waals surface area contributed by atoms with Gasteiger partial charge in [0, 0.05) is 19.0 Å². The van der Waals surface area contributed by atoms with Crippen LogP contribution >= 0.6 is 0 Å². The number of ether oxygens (including phenoxy) is 1. The monoisotopic (exact) mass is 301 g/mol. The Morgan fingerprint density at radius 1 is 1.45 bits per heavy atom. The number of amides is 1. The molecule has 1 aromatic heterocycles. The molecule has 0 saturated carbocycles. The minimum Gasteiger partial charge on any atom is -0.444 e. The van der Waals surface area contributed by atoms with Gasteiger partial charge in [0.25, 0.3) is 5.56 Å². The van der Waals surface area contributed by atoms with Gasteiger partial charge in [-0.25, -0.2) is 9.78 Å². The summed E-state index contributed by atoms with van der Waals surface area (Å²) in [6.45, 7) is 6.44. The number of carbonyl (C=O) groups excluding carboxylic acids is 1. The molecule has 1 aromatic carbocycles. The Balaban J connectivity index is 1.79. The lowest BCUT2D eigenvalue weighted by molar-refractivity contribution is 0.0524. The van der Waals surface area contributed by atoms with Gasteiger partial charge in [-0.3, -0.25) is 4.79 Å². The highest BCUT2D eigenvalue weighted by Gasteiger charge is 2.26. The van der Waals surface area contributed by atoms with Gasteiger partial charge in [0.15, 0.2) is 0 Å². The number of hydrogen-bond donors (Lipinski definition) is 1. The zero-order valence-electron chi connectivity index (χ0n) is 12.9. The van der Waals surface area contributed by atoms with Crippen LogP contribution in [0.2, 0.25) is 0 Å². The molecule has 0 saturated heterocycles. The first kappa shape index (κ1) is 14.6. The van der Waals surface area contributed by atoms with E-state index in [1.807, 2.05) is 39.0 Å². The largest absolute Gasteiger partial charge is 0.444 e. The summed E-state index contributed by atoms with van der Waals surface area (Å²) in [5.41, 5.74) is 2.07. The van der Waals surface area contributed by atoms with Gasteiger partial charge in [0.05, 0.1) is 17.2 Å². The van der Waals surface area contributed by atoms with E-state index in [1.165, 1.54) is 6.20 Å². The second-order valence-corrected chi connectivity index (χ2v) is 6.50. The van der Waals surface area contributed by atoms with E-state index in [9.17, 15) is 9.59 Å². The molecule has 116 valence electrons. The molecular formula is C16H19N3O3. The van der Waals surface area contributed by atoms with Crippen LogP contribution in [0.15, 0.2) is 29.2 Å². The van der Waals surface area contributed by atoms with Crippen molar-refractivity contribution in [2.24, 2.45) is 0 Å². The van der Waals surface area contributed by atoms with Gasteiger partial charge in [0.2, 0.25) is 0 Å². The molecule has 0 aliphatic carbocycles. The lowest BCUT2D eigenvalue weighted by atomic mass is 10.0. The molecule has 0 radical (unpaired) electrons. The molecule has 1 N–H and O–H groups in total. The molecule has 0 fully saturated rings. The van der Waals surface area contributed by atoms with Gasteiger partial charge >= 0.3 is 6.09 Å². The summed E-state index contributed by atoms with van der Waals surface area (Å²) >= 11 is 0. The van der Waals surface area contributed by atoms with Crippen LogP contribution in [0.4, 0.5) is 4.79 Å². The Labute approximate surface area is 128 Å². The quantitative estimate of drug-likeness (QED) is 0.921. The lowest BCUT2D eigenvalue weighted by Crippen LogP contribution is -2.35. The second kappa shape index (κ2) is 5.12. The van der Waals surface area contributed by atoms with Crippen molar-refractivity contribution >= 4 is 17.1 Å². The number of nitrogens with one attached hydrogen (secondary N) is 1. The summed E-state index contributed by atoms with van der Waals surface area (Å²) in [5.74, 6) is 0.0492. The summed E-state index contributed by atoms with van der Waals surface area (Å²) in [7, 11) is 0. The molecule has 3 rings (SSSR count). The van der Waals surface area contributed by atoms with E-state index in [0.717, 1.165) is 16.6 Å². The van der Waals surface area contributed by atoms with Crippen molar-refractivity contribution in [1.82, 2.24) is 14.9 Å². The molecule has 1 aliphatic heterocycles. The van der Waals surface area contributed by atoms with Crippen LogP contribution in [-0.4, -0.2) is 27.8 Å². The van der Waals surface area contributed by atoms with E-state index in [2.05, 4.69) is 10.3 Å². The third kappa shape index (κ3) is 2.68. The van der Waals surface area contributed by atoms with Crippen molar-refractivity contribution in [3.8, 4) is 0 Å². The molecule has 1 amide bonds. The first-order valence-corrected chi connectivity index (χ1v) is 7.30. The Morgan fingerprint density at radius 2 is 2.23 bits per heavy atom. The molecule has 1 aliphatic rings. The van der Waals surface area contributed by atoms with Crippen molar-refractivity contribution in [3.05, 3.63) is 40.3 Å². The van der Waals surface area contributed by atoms with E-state index in [1.54, 1.807) is 4.57 Å². The van der Waals surface area contributed by atoms with Gasteiger partial charge in [-0.2, -0.15) is 0 Å². The summed E-state index contributed by atoms with van der Waals surface area (Å²) in [6.07, 6.45) is 0.900. The number of rotatable bonds is 2. The summed E-state index contributed by atoms with van der Waals surface area (Å²) < 4.78 is 6.96. The van der Waals surface area contributed by atoms with Crippen molar-refractivity contribution in [1.29, 1.82) is 0 Å². The minimum atomic E-state index is -0.524. The van der Waals surface area contributed by atoms with Crippen LogP contribution < -0.4 is 10.9 Å². The normalized spacial score (nSPS) is 16.8. The van der Waals surface area contributed by atoms with Gasteiger partial charge < -0.3 is 14.6 Å². The third-order valence-electron chi connectivity index (χ3n) is 3.63. The number of aromatic nitrogens is 2. The van der Waals surface area contributed by atoms with Gasteiger partial charge in [0.1, 0.15) is 5.60 Å². The molecular weight excluding hydrogens is 282 g/mol. The second-order valence-electron chi connectivity index (χ2n) is 6.50. The molecule has 2 aromatic rings. The molecule has 0 bridgehead atoms. The number of nitrogens with zero attached hydrogens (tertiary/aromatic N) is 2. The maximum Gasteiger partial charge on any atom is 0.407 e. The molecule has 0 spiro atoms. The SMILES string of the molecule is CC(C)(C)OC(=O)NCC1Cn2c(=O)cnc3cccc1c32. The van der Waals surface area contributed by atoms with Crippen LogP contribution in [-0.2, 0) is 11.3 Å². The zero-order valence-corrected chi connectivity index (χ0v) is 12.9. The first-order chi connectivity index (χ1) is 10.3. The van der Waals surface area contributed by atoms with Crippen LogP contribution in [0.1, 0.15) is 32.3 Å². The van der Waals surface area contributed by atoms with Crippen molar-refractivity contribution in [2.75, 3.05) is 6.54 Å². The number of alkyl carbamates (subject to hydrolysis) is 1. The number of carbonyl (C=O) groups is 1. The standard InChI is InChI=1S/C16H19N3O3/c1-16(2,3)22-15(21)18-7-10-9-19-13(20)8-17-12-6-4-5-11(10)14(12)19/h4-6,8,10H,7,9H2,1-3H3,(H,18,21).